The standard InChI is InChI=1S/C11H18N4O2/c12-10(16)11-13-9-3-1-2-8(15(9)14-11)7-4-5-17-6-7/h7-8,11,14H,1-6H2,(H2,12,16). The van der Waals surface area contributed by atoms with Gasteiger partial charge in [-0.15, -0.1) is 0 Å². The van der Waals surface area contributed by atoms with E-state index in [-0.39, 0.29) is 0 Å². The molecule has 17 heavy (non-hydrogen) atoms. The van der Waals surface area contributed by atoms with Gasteiger partial charge in [0, 0.05) is 18.9 Å². The second kappa shape index (κ2) is 4.27. The summed E-state index contributed by atoms with van der Waals surface area (Å²) in [5, 5.41) is 2.07. The van der Waals surface area contributed by atoms with Crippen molar-refractivity contribution < 1.29 is 9.53 Å². The van der Waals surface area contributed by atoms with Crippen LogP contribution in [0.2, 0.25) is 0 Å². The molecule has 3 heterocycles. The summed E-state index contributed by atoms with van der Waals surface area (Å²) in [5.41, 5.74) is 8.41. The topological polar surface area (TPSA) is 80.0 Å². The molecule has 6 nitrogen and oxygen atoms in total. The molecule has 94 valence electrons. The maximum absolute atomic E-state index is 11.2. The number of fused-ring (bicyclic) bond motifs is 1. The highest BCUT2D eigenvalue weighted by atomic mass is 16.5. The van der Waals surface area contributed by atoms with Crippen LogP contribution in [0.1, 0.15) is 25.7 Å². The number of aliphatic imine (C=N–C) groups is 1. The summed E-state index contributed by atoms with van der Waals surface area (Å²) < 4.78 is 5.45. The van der Waals surface area contributed by atoms with Gasteiger partial charge in [-0.2, -0.15) is 0 Å². The van der Waals surface area contributed by atoms with Crippen molar-refractivity contribution in [2.24, 2.45) is 16.6 Å². The molecule has 3 unspecified atom stereocenters. The molecule has 0 aliphatic carbocycles. The Morgan fingerprint density at radius 2 is 2.41 bits per heavy atom. The fourth-order valence-corrected chi connectivity index (χ4v) is 2.95. The highest BCUT2D eigenvalue weighted by molar-refractivity contribution is 5.90. The van der Waals surface area contributed by atoms with Crippen LogP contribution in [0, 0.1) is 5.92 Å². The third-order valence-corrected chi connectivity index (χ3v) is 3.83. The Balaban J connectivity index is 1.75. The number of rotatable bonds is 2. The van der Waals surface area contributed by atoms with Gasteiger partial charge in [-0.05, 0) is 19.3 Å². The van der Waals surface area contributed by atoms with Crippen molar-refractivity contribution in [3.63, 3.8) is 0 Å². The number of hydrazine groups is 1. The van der Waals surface area contributed by atoms with E-state index >= 15 is 0 Å². The molecule has 3 aliphatic rings. The van der Waals surface area contributed by atoms with Crippen LogP contribution in [-0.2, 0) is 9.53 Å². The van der Waals surface area contributed by atoms with Gasteiger partial charge in [0.25, 0.3) is 5.91 Å². The number of hydrogen-bond acceptors (Lipinski definition) is 5. The highest BCUT2D eigenvalue weighted by Crippen LogP contribution is 2.30. The van der Waals surface area contributed by atoms with Gasteiger partial charge in [0.2, 0.25) is 0 Å². The van der Waals surface area contributed by atoms with Crippen LogP contribution in [0.15, 0.2) is 4.99 Å². The maximum Gasteiger partial charge on any atom is 0.258 e. The Hall–Kier alpha value is -1.14. The van der Waals surface area contributed by atoms with Crippen LogP contribution >= 0.6 is 0 Å². The van der Waals surface area contributed by atoms with Crippen molar-refractivity contribution in [2.75, 3.05) is 13.2 Å². The zero-order valence-corrected chi connectivity index (χ0v) is 9.76. The summed E-state index contributed by atoms with van der Waals surface area (Å²) >= 11 is 0. The maximum atomic E-state index is 11.2. The van der Waals surface area contributed by atoms with Gasteiger partial charge >= 0.3 is 0 Å². The number of nitrogens with two attached hydrogens (primary N) is 1. The van der Waals surface area contributed by atoms with Gasteiger partial charge in [-0.1, -0.05) is 0 Å². The second-order valence-electron chi connectivity index (χ2n) is 4.93. The summed E-state index contributed by atoms with van der Waals surface area (Å²) in [5.74, 6) is 1.12. The van der Waals surface area contributed by atoms with E-state index in [1.54, 1.807) is 0 Å². The number of amides is 1. The van der Waals surface area contributed by atoms with E-state index in [1.165, 1.54) is 0 Å². The van der Waals surface area contributed by atoms with E-state index in [0.29, 0.717) is 12.0 Å². The van der Waals surface area contributed by atoms with E-state index < -0.39 is 12.1 Å². The van der Waals surface area contributed by atoms with E-state index in [4.69, 9.17) is 10.5 Å². The summed E-state index contributed by atoms with van der Waals surface area (Å²) in [7, 11) is 0. The number of hydrogen-bond donors (Lipinski definition) is 2. The van der Waals surface area contributed by atoms with Crippen molar-refractivity contribution in [2.45, 2.75) is 37.9 Å². The minimum Gasteiger partial charge on any atom is -0.381 e. The monoisotopic (exact) mass is 238 g/mol. The molecule has 3 atom stereocenters. The lowest BCUT2D eigenvalue weighted by Crippen LogP contribution is -2.54. The Morgan fingerprint density at radius 1 is 1.53 bits per heavy atom. The summed E-state index contributed by atoms with van der Waals surface area (Å²) in [6, 6.07) is 0.398. The molecule has 0 aromatic rings. The van der Waals surface area contributed by atoms with Gasteiger partial charge < -0.3 is 10.5 Å². The Labute approximate surface area is 100 Å². The first-order valence-electron chi connectivity index (χ1n) is 6.25. The lowest BCUT2D eigenvalue weighted by Gasteiger charge is -2.37. The molecule has 0 aromatic heterocycles. The molecule has 0 saturated carbocycles. The third-order valence-electron chi connectivity index (χ3n) is 3.83. The molecule has 0 bridgehead atoms. The quantitative estimate of drug-likeness (QED) is 0.686. The van der Waals surface area contributed by atoms with Crippen molar-refractivity contribution >= 4 is 11.7 Å². The van der Waals surface area contributed by atoms with Crippen LogP contribution in [0.5, 0.6) is 0 Å². The van der Waals surface area contributed by atoms with Gasteiger partial charge in [0.15, 0.2) is 6.17 Å². The number of carbonyl (C=O) groups is 1. The average molecular weight is 238 g/mol. The van der Waals surface area contributed by atoms with Crippen LogP contribution < -0.4 is 11.2 Å². The van der Waals surface area contributed by atoms with E-state index in [9.17, 15) is 4.79 Å². The minimum absolute atomic E-state index is 0.398. The highest BCUT2D eigenvalue weighted by Gasteiger charge is 2.39. The largest absolute Gasteiger partial charge is 0.381 e. The van der Waals surface area contributed by atoms with Gasteiger partial charge in [-0.3, -0.25) is 9.80 Å². The molecular formula is C11H18N4O2. The van der Waals surface area contributed by atoms with Crippen molar-refractivity contribution in [1.29, 1.82) is 0 Å². The second-order valence-corrected chi connectivity index (χ2v) is 4.93. The third kappa shape index (κ3) is 1.91. The zero-order chi connectivity index (χ0) is 11.8. The normalized spacial score (nSPS) is 36.8. The number of ether oxygens (including phenoxy) is 1. The van der Waals surface area contributed by atoms with Crippen LogP contribution in [-0.4, -0.2) is 42.2 Å². The first-order valence-corrected chi connectivity index (χ1v) is 6.25. The number of carbonyl (C=O) groups excluding carboxylic acids is 1. The molecule has 0 spiro atoms. The van der Waals surface area contributed by atoms with E-state index in [1.807, 2.05) is 0 Å². The first-order chi connectivity index (χ1) is 8.25. The summed E-state index contributed by atoms with van der Waals surface area (Å²) in [4.78, 5) is 15.5. The number of nitrogens with one attached hydrogen (secondary N) is 1. The van der Waals surface area contributed by atoms with Gasteiger partial charge in [-0.25, -0.2) is 10.4 Å². The predicted octanol–water partition coefficient (Wildman–Crippen LogP) is -0.394. The molecule has 2 fully saturated rings. The first kappa shape index (κ1) is 11.0. The molecule has 0 radical (unpaired) electrons. The lowest BCUT2D eigenvalue weighted by atomic mass is 9.90. The molecule has 3 aliphatic heterocycles. The molecule has 3 N–H and O–H groups in total. The van der Waals surface area contributed by atoms with Gasteiger partial charge in [0.05, 0.1) is 12.6 Å². The lowest BCUT2D eigenvalue weighted by molar-refractivity contribution is -0.120. The van der Waals surface area contributed by atoms with Crippen molar-refractivity contribution in [1.82, 2.24) is 10.4 Å². The number of amidine groups is 1. The Kier molecular flexibility index (Phi) is 2.76. The fraction of sp³-hybridized carbons (Fsp3) is 0.818. The molecule has 6 heteroatoms. The Bertz CT molecular complexity index is 351. The van der Waals surface area contributed by atoms with Crippen LogP contribution in [0.3, 0.4) is 0 Å². The van der Waals surface area contributed by atoms with Gasteiger partial charge in [0.1, 0.15) is 5.84 Å². The molecule has 2 saturated heterocycles. The van der Waals surface area contributed by atoms with Crippen molar-refractivity contribution in [3.8, 4) is 0 Å². The number of nitrogens with zero attached hydrogens (tertiary/aromatic N) is 2. The molecule has 0 aromatic carbocycles. The SMILES string of the molecule is NC(=O)C1N=C2CCCC(C3CCOC3)N2N1. The Morgan fingerprint density at radius 3 is 3.12 bits per heavy atom. The number of piperidine rings is 1. The summed E-state index contributed by atoms with van der Waals surface area (Å²) in [6.45, 7) is 1.66. The minimum atomic E-state index is -0.576. The predicted molar refractivity (Wildman–Crippen MR) is 62.0 cm³/mol. The van der Waals surface area contributed by atoms with Crippen LogP contribution in [0.25, 0.3) is 0 Å². The van der Waals surface area contributed by atoms with Crippen LogP contribution in [0.4, 0.5) is 0 Å². The average Bonchev–Trinajstić information content (AvgIpc) is 2.97. The van der Waals surface area contributed by atoms with Crippen molar-refractivity contribution in [3.05, 3.63) is 0 Å². The molecular weight excluding hydrogens is 220 g/mol. The fourth-order valence-electron chi connectivity index (χ4n) is 2.95. The summed E-state index contributed by atoms with van der Waals surface area (Å²) in [6.07, 6.45) is 3.71. The van der Waals surface area contributed by atoms with E-state index in [0.717, 1.165) is 44.7 Å². The van der Waals surface area contributed by atoms with E-state index in [2.05, 4.69) is 15.4 Å². The zero-order valence-electron chi connectivity index (χ0n) is 9.76. The molecule has 3 rings (SSSR count). The smallest absolute Gasteiger partial charge is 0.258 e. The number of primary amides is 1. The molecule has 1 amide bonds.